The van der Waals surface area contributed by atoms with E-state index in [-0.39, 0.29) is 5.91 Å². The van der Waals surface area contributed by atoms with Crippen LogP contribution in [0.2, 0.25) is 5.02 Å². The summed E-state index contributed by atoms with van der Waals surface area (Å²) in [6, 6.07) is 13.3. The summed E-state index contributed by atoms with van der Waals surface area (Å²) in [7, 11) is 1.71. The number of para-hydroxylation sites is 1. The number of carbonyl (C=O) groups excluding carboxylic acids is 1. The molecule has 7 heteroatoms. The molecule has 0 fully saturated rings. The number of rotatable bonds is 6. The minimum Gasteiger partial charge on any atom is -0.336 e. The zero-order chi connectivity index (χ0) is 22.0. The second kappa shape index (κ2) is 9.04. The van der Waals surface area contributed by atoms with Crippen molar-refractivity contribution in [1.29, 1.82) is 0 Å². The van der Waals surface area contributed by atoms with Crippen LogP contribution in [0, 0.1) is 5.82 Å². The number of fused-ring (bicyclic) bond motifs is 1. The van der Waals surface area contributed by atoms with Crippen molar-refractivity contribution in [2.45, 2.75) is 19.5 Å². The van der Waals surface area contributed by atoms with E-state index < -0.39 is 5.82 Å². The lowest BCUT2D eigenvalue weighted by Crippen LogP contribution is -2.32. The lowest BCUT2D eigenvalue weighted by Gasteiger charge is -2.27. The summed E-state index contributed by atoms with van der Waals surface area (Å²) in [6.45, 7) is 6.57. The van der Waals surface area contributed by atoms with E-state index in [1.807, 2.05) is 35.0 Å². The zero-order valence-electron chi connectivity index (χ0n) is 17.4. The van der Waals surface area contributed by atoms with E-state index in [0.29, 0.717) is 17.1 Å². The Bertz CT molecular complexity index is 1130. The molecule has 0 atom stereocenters. The second-order valence-corrected chi connectivity index (χ2v) is 8.09. The molecule has 2 heterocycles. The smallest absolute Gasteiger partial charge is 0.254 e. The first-order chi connectivity index (χ1) is 15.0. The van der Waals surface area contributed by atoms with Crippen molar-refractivity contribution in [3.63, 3.8) is 0 Å². The summed E-state index contributed by atoms with van der Waals surface area (Å²) in [5, 5.41) is 5.49. The Morgan fingerprint density at radius 2 is 2.10 bits per heavy atom. The Balaban J connectivity index is 1.69. The maximum absolute atomic E-state index is 13.6. The quantitative estimate of drug-likeness (QED) is 0.533. The van der Waals surface area contributed by atoms with Crippen LogP contribution in [0.15, 0.2) is 61.2 Å². The molecule has 31 heavy (non-hydrogen) atoms. The van der Waals surface area contributed by atoms with Gasteiger partial charge in [0.2, 0.25) is 0 Å². The molecule has 0 N–H and O–H groups in total. The molecule has 5 nitrogen and oxygen atoms in total. The SMILES string of the molecule is C=CCN1CCc2c(c(CN(C)C(=O)c3cccc(F)c3)nn2-c2ccccc2Cl)C1. The summed E-state index contributed by atoms with van der Waals surface area (Å²) in [4.78, 5) is 16.7. The molecular formula is C24H24ClFN4O. The number of carbonyl (C=O) groups is 1. The van der Waals surface area contributed by atoms with Gasteiger partial charge in [-0.05, 0) is 30.3 Å². The average molecular weight is 439 g/mol. The van der Waals surface area contributed by atoms with E-state index in [0.717, 1.165) is 48.7 Å². The fourth-order valence-electron chi connectivity index (χ4n) is 3.97. The molecule has 1 amide bonds. The molecule has 1 aliphatic rings. The highest BCUT2D eigenvalue weighted by molar-refractivity contribution is 6.32. The highest BCUT2D eigenvalue weighted by Gasteiger charge is 2.27. The number of hydrogen-bond acceptors (Lipinski definition) is 3. The topological polar surface area (TPSA) is 41.4 Å². The van der Waals surface area contributed by atoms with Crippen LogP contribution in [0.4, 0.5) is 4.39 Å². The summed E-state index contributed by atoms with van der Waals surface area (Å²) in [5.41, 5.74) is 4.16. The summed E-state index contributed by atoms with van der Waals surface area (Å²) in [5.74, 6) is -0.681. The van der Waals surface area contributed by atoms with Crippen LogP contribution in [0.25, 0.3) is 5.69 Å². The molecule has 2 aromatic carbocycles. The normalized spacial score (nSPS) is 13.6. The van der Waals surface area contributed by atoms with Gasteiger partial charge >= 0.3 is 0 Å². The van der Waals surface area contributed by atoms with Gasteiger partial charge < -0.3 is 4.90 Å². The van der Waals surface area contributed by atoms with Crippen LogP contribution in [-0.4, -0.2) is 45.6 Å². The Morgan fingerprint density at radius 1 is 1.29 bits per heavy atom. The fraction of sp³-hybridized carbons (Fsp3) is 0.250. The molecule has 0 saturated heterocycles. The largest absolute Gasteiger partial charge is 0.336 e. The van der Waals surface area contributed by atoms with Crippen molar-refractivity contribution in [3.05, 3.63) is 94.5 Å². The molecular weight excluding hydrogens is 415 g/mol. The van der Waals surface area contributed by atoms with Crippen molar-refractivity contribution >= 4 is 17.5 Å². The first-order valence-corrected chi connectivity index (χ1v) is 10.5. The Kier molecular flexibility index (Phi) is 6.20. The Morgan fingerprint density at radius 3 is 2.84 bits per heavy atom. The van der Waals surface area contributed by atoms with Crippen molar-refractivity contribution in [2.75, 3.05) is 20.1 Å². The van der Waals surface area contributed by atoms with Gasteiger partial charge in [0.1, 0.15) is 5.82 Å². The molecule has 0 aliphatic carbocycles. The molecule has 160 valence electrons. The van der Waals surface area contributed by atoms with Crippen LogP contribution in [-0.2, 0) is 19.5 Å². The molecule has 0 saturated carbocycles. The van der Waals surface area contributed by atoms with E-state index in [1.165, 1.54) is 18.2 Å². The van der Waals surface area contributed by atoms with Gasteiger partial charge in [0, 0.05) is 44.2 Å². The van der Waals surface area contributed by atoms with Gasteiger partial charge in [-0.2, -0.15) is 5.10 Å². The van der Waals surface area contributed by atoms with E-state index in [2.05, 4.69) is 11.5 Å². The molecule has 4 rings (SSSR count). The van der Waals surface area contributed by atoms with E-state index in [9.17, 15) is 9.18 Å². The lowest BCUT2D eigenvalue weighted by molar-refractivity contribution is 0.0782. The van der Waals surface area contributed by atoms with Gasteiger partial charge in [0.05, 0.1) is 28.6 Å². The van der Waals surface area contributed by atoms with Crippen molar-refractivity contribution in [2.24, 2.45) is 0 Å². The third-order valence-electron chi connectivity index (χ3n) is 5.49. The third-order valence-corrected chi connectivity index (χ3v) is 5.81. The molecule has 1 aromatic heterocycles. The molecule has 0 bridgehead atoms. The van der Waals surface area contributed by atoms with Crippen LogP contribution in [0.1, 0.15) is 27.3 Å². The Labute approximate surface area is 186 Å². The van der Waals surface area contributed by atoms with E-state index in [4.69, 9.17) is 16.7 Å². The summed E-state index contributed by atoms with van der Waals surface area (Å²) in [6.07, 6.45) is 2.71. The highest BCUT2D eigenvalue weighted by atomic mass is 35.5. The number of benzene rings is 2. The summed E-state index contributed by atoms with van der Waals surface area (Å²) < 4.78 is 15.5. The first kappa shape index (κ1) is 21.3. The van der Waals surface area contributed by atoms with Gasteiger partial charge in [-0.3, -0.25) is 9.69 Å². The van der Waals surface area contributed by atoms with Crippen LogP contribution >= 0.6 is 11.6 Å². The third kappa shape index (κ3) is 4.40. The maximum atomic E-state index is 13.6. The van der Waals surface area contributed by atoms with Crippen molar-refractivity contribution in [3.8, 4) is 5.69 Å². The van der Waals surface area contributed by atoms with Gasteiger partial charge in [-0.15, -0.1) is 6.58 Å². The molecule has 0 unspecified atom stereocenters. The number of amides is 1. The summed E-state index contributed by atoms with van der Waals surface area (Å²) >= 11 is 6.46. The predicted octanol–water partition coefficient (Wildman–Crippen LogP) is 4.48. The predicted molar refractivity (Wildman–Crippen MR) is 120 cm³/mol. The number of aromatic nitrogens is 2. The van der Waals surface area contributed by atoms with Gasteiger partial charge in [0.25, 0.3) is 5.91 Å². The highest BCUT2D eigenvalue weighted by Crippen LogP contribution is 2.29. The van der Waals surface area contributed by atoms with Crippen LogP contribution < -0.4 is 0 Å². The minimum atomic E-state index is -0.431. The first-order valence-electron chi connectivity index (χ1n) is 10.2. The lowest BCUT2D eigenvalue weighted by atomic mass is 10.0. The minimum absolute atomic E-state index is 0.251. The second-order valence-electron chi connectivity index (χ2n) is 7.68. The molecule has 1 aliphatic heterocycles. The van der Waals surface area contributed by atoms with Gasteiger partial charge in [-0.1, -0.05) is 35.9 Å². The monoisotopic (exact) mass is 438 g/mol. The van der Waals surface area contributed by atoms with Crippen molar-refractivity contribution in [1.82, 2.24) is 19.6 Å². The van der Waals surface area contributed by atoms with E-state index >= 15 is 0 Å². The average Bonchev–Trinajstić information content (AvgIpc) is 3.11. The molecule has 0 radical (unpaired) electrons. The van der Waals surface area contributed by atoms with Crippen LogP contribution in [0.5, 0.6) is 0 Å². The number of halogens is 2. The standard InChI is InChI=1S/C24H24ClFN4O/c1-3-12-29-13-11-22-19(15-29)21(27-30(22)23-10-5-4-9-20(23)25)16-28(2)24(31)17-7-6-8-18(26)14-17/h3-10,14H,1,11-13,15-16H2,2H3. The molecule has 3 aromatic rings. The zero-order valence-corrected chi connectivity index (χ0v) is 18.1. The van der Waals surface area contributed by atoms with Gasteiger partial charge in [0.15, 0.2) is 0 Å². The number of hydrogen-bond donors (Lipinski definition) is 0. The van der Waals surface area contributed by atoms with E-state index in [1.54, 1.807) is 18.0 Å². The van der Waals surface area contributed by atoms with Crippen LogP contribution in [0.3, 0.4) is 0 Å². The van der Waals surface area contributed by atoms with Gasteiger partial charge in [-0.25, -0.2) is 9.07 Å². The Hall–Kier alpha value is -2.96. The maximum Gasteiger partial charge on any atom is 0.254 e. The fourth-order valence-corrected chi connectivity index (χ4v) is 4.18. The van der Waals surface area contributed by atoms with Crippen molar-refractivity contribution < 1.29 is 9.18 Å². The molecule has 0 spiro atoms. The number of nitrogens with zero attached hydrogens (tertiary/aromatic N) is 4.